The monoisotopic (exact) mass is 317 g/mol. The van der Waals surface area contributed by atoms with E-state index in [1.165, 1.54) is 0 Å². The topological polar surface area (TPSA) is 65.4 Å². The molecule has 124 valence electrons. The Balaban J connectivity index is 2.06. The number of aromatic nitrogens is 2. The molecule has 6 nitrogen and oxygen atoms in total. The maximum absolute atomic E-state index is 12.3. The van der Waals surface area contributed by atoms with E-state index in [1.54, 1.807) is 32.4 Å². The minimum atomic E-state index is -0.0893. The number of methoxy groups -OCH3 is 2. The van der Waals surface area contributed by atoms with Gasteiger partial charge in [0.15, 0.2) is 0 Å². The summed E-state index contributed by atoms with van der Waals surface area (Å²) in [5.74, 6) is 1.15. The molecule has 0 aliphatic carbocycles. The lowest BCUT2D eigenvalue weighted by Crippen LogP contribution is -2.19. The average molecular weight is 317 g/mol. The van der Waals surface area contributed by atoms with E-state index in [-0.39, 0.29) is 11.9 Å². The molecule has 0 aliphatic rings. The van der Waals surface area contributed by atoms with Crippen LogP contribution in [0.15, 0.2) is 24.3 Å². The number of nitrogens with one attached hydrogen (secondary N) is 1. The molecule has 1 amide bonds. The first-order chi connectivity index (χ1) is 10.9. The zero-order valence-corrected chi connectivity index (χ0v) is 14.2. The molecule has 0 saturated heterocycles. The van der Waals surface area contributed by atoms with Gasteiger partial charge in [-0.2, -0.15) is 5.10 Å². The number of carbonyl (C=O) groups excluding carboxylic acids is 1. The third kappa shape index (κ3) is 4.03. The Hall–Kier alpha value is -2.50. The van der Waals surface area contributed by atoms with Crippen LogP contribution in [0.4, 0.5) is 5.69 Å². The van der Waals surface area contributed by atoms with Crippen LogP contribution in [0.25, 0.3) is 0 Å². The molecule has 2 rings (SSSR count). The standard InChI is InChI=1S/C17H23N3O3/c1-11-8-12(2)20(19-11)13(3)9-17(21)18-15-7-6-14(22-4)10-16(15)23-5/h6-8,10,13H,9H2,1-5H3,(H,18,21)/t13-/m1/s1. The van der Waals surface area contributed by atoms with Crippen LogP contribution in [0.5, 0.6) is 11.5 Å². The molecule has 1 aromatic heterocycles. The summed E-state index contributed by atoms with van der Waals surface area (Å²) in [4.78, 5) is 12.3. The molecular formula is C17H23N3O3. The maximum atomic E-state index is 12.3. The Morgan fingerprint density at radius 2 is 2.00 bits per heavy atom. The molecule has 0 bridgehead atoms. The van der Waals surface area contributed by atoms with E-state index in [0.29, 0.717) is 23.6 Å². The van der Waals surface area contributed by atoms with Crippen molar-refractivity contribution in [2.24, 2.45) is 0 Å². The molecule has 2 aromatic rings. The minimum Gasteiger partial charge on any atom is -0.497 e. The van der Waals surface area contributed by atoms with Gasteiger partial charge in [0.1, 0.15) is 11.5 Å². The van der Waals surface area contributed by atoms with Crippen LogP contribution in [0.1, 0.15) is 30.8 Å². The summed E-state index contributed by atoms with van der Waals surface area (Å²) < 4.78 is 12.3. The molecule has 6 heteroatoms. The van der Waals surface area contributed by atoms with E-state index >= 15 is 0 Å². The van der Waals surface area contributed by atoms with Crippen molar-refractivity contribution >= 4 is 11.6 Å². The third-order valence-electron chi connectivity index (χ3n) is 3.63. The van der Waals surface area contributed by atoms with Gasteiger partial charge in [0.05, 0.1) is 31.6 Å². The van der Waals surface area contributed by atoms with Crippen LogP contribution in [0.3, 0.4) is 0 Å². The fourth-order valence-corrected chi connectivity index (χ4v) is 2.55. The third-order valence-corrected chi connectivity index (χ3v) is 3.63. The van der Waals surface area contributed by atoms with E-state index in [2.05, 4.69) is 10.4 Å². The average Bonchev–Trinajstić information content (AvgIpc) is 2.86. The summed E-state index contributed by atoms with van der Waals surface area (Å²) in [6.07, 6.45) is 0.330. The van der Waals surface area contributed by atoms with Gasteiger partial charge < -0.3 is 14.8 Å². The quantitative estimate of drug-likeness (QED) is 0.889. The summed E-state index contributed by atoms with van der Waals surface area (Å²) in [6, 6.07) is 7.26. The van der Waals surface area contributed by atoms with Crippen molar-refractivity contribution < 1.29 is 14.3 Å². The Morgan fingerprint density at radius 3 is 2.57 bits per heavy atom. The zero-order valence-electron chi connectivity index (χ0n) is 14.2. The fourth-order valence-electron chi connectivity index (χ4n) is 2.55. The molecular weight excluding hydrogens is 294 g/mol. The molecule has 0 fully saturated rings. The normalized spacial score (nSPS) is 11.9. The number of hydrogen-bond acceptors (Lipinski definition) is 4. The van der Waals surface area contributed by atoms with Crippen molar-refractivity contribution in [2.45, 2.75) is 33.2 Å². The van der Waals surface area contributed by atoms with Crippen LogP contribution in [-0.4, -0.2) is 29.9 Å². The molecule has 0 saturated carbocycles. The summed E-state index contributed by atoms with van der Waals surface area (Å²) in [5, 5.41) is 7.30. The van der Waals surface area contributed by atoms with Crippen LogP contribution in [0.2, 0.25) is 0 Å². The van der Waals surface area contributed by atoms with Crippen molar-refractivity contribution in [1.29, 1.82) is 0 Å². The number of rotatable bonds is 6. The van der Waals surface area contributed by atoms with Crippen molar-refractivity contribution in [3.05, 3.63) is 35.7 Å². The van der Waals surface area contributed by atoms with E-state index in [4.69, 9.17) is 9.47 Å². The number of anilines is 1. The highest BCUT2D eigenvalue weighted by atomic mass is 16.5. The highest BCUT2D eigenvalue weighted by molar-refractivity contribution is 5.92. The molecule has 0 radical (unpaired) electrons. The predicted molar refractivity (Wildman–Crippen MR) is 89.2 cm³/mol. The van der Waals surface area contributed by atoms with Gasteiger partial charge in [-0.1, -0.05) is 0 Å². The molecule has 1 N–H and O–H groups in total. The van der Waals surface area contributed by atoms with Gasteiger partial charge in [-0.15, -0.1) is 0 Å². The molecule has 1 heterocycles. The highest BCUT2D eigenvalue weighted by Gasteiger charge is 2.15. The number of benzene rings is 1. The van der Waals surface area contributed by atoms with Gasteiger partial charge in [-0.05, 0) is 39.0 Å². The molecule has 1 aromatic carbocycles. The summed E-state index contributed by atoms with van der Waals surface area (Å²) in [6.45, 7) is 5.91. The van der Waals surface area contributed by atoms with E-state index in [1.807, 2.05) is 31.5 Å². The summed E-state index contributed by atoms with van der Waals surface area (Å²) in [7, 11) is 3.14. The number of aryl methyl sites for hydroxylation is 2. The first-order valence-corrected chi connectivity index (χ1v) is 7.49. The Morgan fingerprint density at radius 1 is 1.26 bits per heavy atom. The smallest absolute Gasteiger partial charge is 0.226 e. The fraction of sp³-hybridized carbons (Fsp3) is 0.412. The summed E-state index contributed by atoms with van der Waals surface area (Å²) >= 11 is 0. The van der Waals surface area contributed by atoms with Gasteiger partial charge in [-0.25, -0.2) is 0 Å². The Kier molecular flexibility index (Phi) is 5.26. The van der Waals surface area contributed by atoms with Crippen LogP contribution in [0, 0.1) is 13.8 Å². The maximum Gasteiger partial charge on any atom is 0.226 e. The Bertz CT molecular complexity index is 694. The van der Waals surface area contributed by atoms with Crippen molar-refractivity contribution in [3.63, 3.8) is 0 Å². The summed E-state index contributed by atoms with van der Waals surface area (Å²) in [5.41, 5.74) is 2.62. The first-order valence-electron chi connectivity index (χ1n) is 7.49. The lowest BCUT2D eigenvalue weighted by atomic mass is 10.2. The SMILES string of the molecule is COc1ccc(NC(=O)C[C@@H](C)n2nc(C)cc2C)c(OC)c1. The lowest BCUT2D eigenvalue weighted by Gasteiger charge is -2.15. The molecule has 0 aliphatic heterocycles. The van der Waals surface area contributed by atoms with Crippen LogP contribution in [-0.2, 0) is 4.79 Å². The molecule has 0 spiro atoms. The van der Waals surface area contributed by atoms with Gasteiger partial charge in [0, 0.05) is 18.2 Å². The number of carbonyl (C=O) groups is 1. The second kappa shape index (κ2) is 7.17. The second-order valence-electron chi connectivity index (χ2n) is 5.54. The van der Waals surface area contributed by atoms with Gasteiger partial charge in [0.25, 0.3) is 0 Å². The predicted octanol–water partition coefficient (Wildman–Crippen LogP) is 3.11. The number of ether oxygens (including phenoxy) is 2. The Labute approximate surface area is 136 Å². The van der Waals surface area contributed by atoms with Crippen molar-refractivity contribution in [1.82, 2.24) is 9.78 Å². The van der Waals surface area contributed by atoms with E-state index in [9.17, 15) is 4.79 Å². The van der Waals surface area contributed by atoms with Crippen molar-refractivity contribution in [3.8, 4) is 11.5 Å². The van der Waals surface area contributed by atoms with Crippen molar-refractivity contribution in [2.75, 3.05) is 19.5 Å². The van der Waals surface area contributed by atoms with E-state index < -0.39 is 0 Å². The number of nitrogens with zero attached hydrogens (tertiary/aromatic N) is 2. The minimum absolute atomic E-state index is 0.0204. The van der Waals surface area contributed by atoms with Crippen LogP contribution < -0.4 is 14.8 Å². The second-order valence-corrected chi connectivity index (χ2v) is 5.54. The number of amides is 1. The first kappa shape index (κ1) is 16.9. The largest absolute Gasteiger partial charge is 0.497 e. The van der Waals surface area contributed by atoms with Gasteiger partial charge in [-0.3, -0.25) is 9.48 Å². The lowest BCUT2D eigenvalue weighted by molar-refractivity contribution is -0.116. The highest BCUT2D eigenvalue weighted by Crippen LogP contribution is 2.29. The van der Waals surface area contributed by atoms with E-state index in [0.717, 1.165) is 11.4 Å². The molecule has 1 atom stereocenters. The molecule has 23 heavy (non-hydrogen) atoms. The van der Waals surface area contributed by atoms with Gasteiger partial charge in [0.2, 0.25) is 5.91 Å². The zero-order chi connectivity index (χ0) is 17.0. The van der Waals surface area contributed by atoms with Gasteiger partial charge >= 0.3 is 0 Å². The van der Waals surface area contributed by atoms with Crippen LogP contribution >= 0.6 is 0 Å². The molecule has 0 unspecified atom stereocenters. The number of hydrogen-bond donors (Lipinski definition) is 1.